The average Bonchev–Trinajstić information content (AvgIpc) is 3.29. The molecule has 0 unspecified atom stereocenters. The number of benzene rings is 1. The number of fused-ring (bicyclic) bond motifs is 1. The van der Waals surface area contributed by atoms with Crippen LogP contribution in [0.4, 0.5) is 10.5 Å². The molecule has 3 heterocycles. The lowest BCUT2D eigenvalue weighted by Gasteiger charge is -2.25. The molecule has 0 aliphatic carbocycles. The molecule has 4 rings (SSSR count). The van der Waals surface area contributed by atoms with E-state index in [0.717, 1.165) is 0 Å². The first-order valence-corrected chi connectivity index (χ1v) is 9.11. The largest absolute Gasteiger partial charge is 0.511 e. The summed E-state index contributed by atoms with van der Waals surface area (Å²) in [6, 6.07) is 3.31. The summed E-state index contributed by atoms with van der Waals surface area (Å²) < 4.78 is 11.2. The third-order valence-corrected chi connectivity index (χ3v) is 4.60. The van der Waals surface area contributed by atoms with E-state index in [0.29, 0.717) is 54.0 Å². The molecular weight excluding hydrogens is 404 g/mol. The van der Waals surface area contributed by atoms with Crippen LogP contribution in [-0.2, 0) is 9.53 Å². The van der Waals surface area contributed by atoms with Crippen molar-refractivity contribution >= 4 is 40.4 Å². The number of morpholine rings is 1. The summed E-state index contributed by atoms with van der Waals surface area (Å²) in [7, 11) is 0. The number of amides is 1. The number of hydrogen-bond acceptors (Lipinski definition) is 7. The molecule has 12 heteroatoms. The second kappa shape index (κ2) is 8.07. The number of carbonyl (C=O) groups excluding carboxylic acids is 1. The molecule has 1 saturated heterocycles. The van der Waals surface area contributed by atoms with E-state index in [-0.39, 0.29) is 18.2 Å². The minimum absolute atomic E-state index is 0.0621. The lowest BCUT2D eigenvalue weighted by Crippen LogP contribution is -2.41. The van der Waals surface area contributed by atoms with Crippen LogP contribution in [0.1, 0.15) is 0 Å². The molecule has 1 aliphatic heterocycles. The highest BCUT2D eigenvalue weighted by Crippen LogP contribution is 2.28. The molecule has 0 bridgehead atoms. The van der Waals surface area contributed by atoms with Crippen molar-refractivity contribution in [1.82, 2.24) is 24.6 Å². The van der Waals surface area contributed by atoms with Gasteiger partial charge >= 0.3 is 6.16 Å². The number of imidazole rings is 1. The van der Waals surface area contributed by atoms with Gasteiger partial charge in [0, 0.05) is 13.1 Å². The summed E-state index contributed by atoms with van der Waals surface area (Å²) in [5.41, 5.74) is 1.64. The highest BCUT2D eigenvalue weighted by Gasteiger charge is 2.16. The Hall–Kier alpha value is -3.15. The van der Waals surface area contributed by atoms with Crippen LogP contribution in [0.3, 0.4) is 0 Å². The number of anilines is 1. The molecule has 2 aromatic heterocycles. The van der Waals surface area contributed by atoms with Gasteiger partial charge in [-0.3, -0.25) is 9.69 Å². The van der Waals surface area contributed by atoms with Crippen molar-refractivity contribution in [3.63, 3.8) is 0 Å². The highest BCUT2D eigenvalue weighted by molar-refractivity contribution is 6.34. The molecule has 0 radical (unpaired) electrons. The van der Waals surface area contributed by atoms with Crippen molar-refractivity contribution in [2.75, 3.05) is 38.2 Å². The summed E-state index contributed by atoms with van der Waals surface area (Å²) in [5, 5.41) is 15.8. The number of halogens is 1. The fourth-order valence-electron chi connectivity index (χ4n) is 2.95. The van der Waals surface area contributed by atoms with E-state index >= 15 is 0 Å². The second-order valence-electron chi connectivity index (χ2n) is 6.33. The van der Waals surface area contributed by atoms with Crippen LogP contribution in [0.2, 0.25) is 5.02 Å². The number of carboxylic acid groups (broad SMARTS) is 1. The number of carbonyl (C=O) groups is 2. The van der Waals surface area contributed by atoms with E-state index in [9.17, 15) is 9.59 Å². The molecule has 3 N–H and O–H groups in total. The summed E-state index contributed by atoms with van der Waals surface area (Å²) in [5.74, 6) is 0.228. The number of nitrogens with zero attached hydrogens (tertiary/aromatic N) is 4. The fraction of sp³-hybridized carbons (Fsp3) is 0.294. The molecule has 0 saturated carbocycles. The smallest absolute Gasteiger partial charge is 0.449 e. The third-order valence-electron chi connectivity index (χ3n) is 4.28. The number of H-pyrrole nitrogens is 1. The van der Waals surface area contributed by atoms with Gasteiger partial charge in [-0.1, -0.05) is 11.6 Å². The van der Waals surface area contributed by atoms with Crippen LogP contribution < -0.4 is 10.1 Å². The van der Waals surface area contributed by atoms with Gasteiger partial charge in [-0.05, 0) is 12.1 Å². The zero-order valence-electron chi connectivity index (χ0n) is 15.1. The Morgan fingerprint density at radius 1 is 1.34 bits per heavy atom. The quantitative estimate of drug-likeness (QED) is 0.531. The van der Waals surface area contributed by atoms with Gasteiger partial charge < -0.3 is 24.9 Å². The van der Waals surface area contributed by atoms with Gasteiger partial charge in [0.15, 0.2) is 5.75 Å². The van der Waals surface area contributed by atoms with Gasteiger partial charge in [0.2, 0.25) is 11.9 Å². The van der Waals surface area contributed by atoms with Gasteiger partial charge in [0.1, 0.15) is 0 Å². The number of aromatic nitrogens is 4. The predicted octanol–water partition coefficient (Wildman–Crippen LogP) is 1.73. The van der Waals surface area contributed by atoms with E-state index in [2.05, 4.69) is 25.1 Å². The Balaban J connectivity index is 1.51. The van der Waals surface area contributed by atoms with Gasteiger partial charge in [0.25, 0.3) is 0 Å². The maximum absolute atomic E-state index is 12.3. The number of hydrogen-bond donors (Lipinski definition) is 3. The van der Waals surface area contributed by atoms with Gasteiger partial charge in [-0.2, -0.15) is 5.10 Å². The molecule has 0 spiro atoms. The zero-order chi connectivity index (χ0) is 20.4. The van der Waals surface area contributed by atoms with E-state index < -0.39 is 6.16 Å². The number of aromatic amines is 1. The molecule has 1 amide bonds. The number of nitrogens with one attached hydrogen (secondary N) is 2. The van der Waals surface area contributed by atoms with Crippen LogP contribution in [0.15, 0.2) is 24.5 Å². The first-order chi connectivity index (χ1) is 14.0. The van der Waals surface area contributed by atoms with Crippen molar-refractivity contribution < 1.29 is 24.2 Å². The lowest BCUT2D eigenvalue weighted by molar-refractivity contribution is -0.118. The normalized spacial score (nSPS) is 14.8. The summed E-state index contributed by atoms with van der Waals surface area (Å²) >= 11 is 6.30. The molecule has 1 fully saturated rings. The van der Waals surface area contributed by atoms with E-state index in [1.807, 2.05) is 4.90 Å². The van der Waals surface area contributed by atoms with Crippen molar-refractivity contribution in [2.24, 2.45) is 0 Å². The Labute approximate surface area is 169 Å². The van der Waals surface area contributed by atoms with Crippen LogP contribution in [0, 0.1) is 0 Å². The standard InChI is InChI=1S/C17H17ClN6O5/c18-11-5-13-14(6-12(11)20-15(25)9-23-1-3-28-4-2-23)22-16(21-13)24-8-10(7-19-24)29-17(26)27/h5-8H,1-4,9H2,(H,20,25)(H,21,22)(H,26,27). The SMILES string of the molecule is O=C(CN1CCOCC1)Nc1cc2nc(-n3cc(OC(=O)O)cn3)[nH]c2cc1Cl. The van der Waals surface area contributed by atoms with E-state index in [4.69, 9.17) is 21.4 Å². The molecular formula is C17H17ClN6O5. The van der Waals surface area contributed by atoms with Gasteiger partial charge in [-0.25, -0.2) is 14.5 Å². The Morgan fingerprint density at radius 3 is 2.90 bits per heavy atom. The number of ether oxygens (including phenoxy) is 2. The molecule has 3 aromatic rings. The second-order valence-corrected chi connectivity index (χ2v) is 6.74. The molecule has 152 valence electrons. The molecule has 0 atom stereocenters. The topological polar surface area (TPSA) is 135 Å². The van der Waals surface area contributed by atoms with E-state index in [1.54, 1.807) is 12.1 Å². The lowest BCUT2D eigenvalue weighted by atomic mass is 10.2. The Morgan fingerprint density at radius 2 is 2.14 bits per heavy atom. The highest BCUT2D eigenvalue weighted by atomic mass is 35.5. The van der Waals surface area contributed by atoms with E-state index in [1.165, 1.54) is 17.1 Å². The minimum Gasteiger partial charge on any atom is -0.449 e. The fourth-order valence-corrected chi connectivity index (χ4v) is 3.16. The molecule has 1 aliphatic rings. The first kappa shape index (κ1) is 19.2. The zero-order valence-corrected chi connectivity index (χ0v) is 15.8. The Bertz CT molecular complexity index is 1060. The summed E-state index contributed by atoms with van der Waals surface area (Å²) in [6.07, 6.45) is 1.20. The maximum Gasteiger partial charge on any atom is 0.511 e. The Kier molecular flexibility index (Phi) is 5.34. The third kappa shape index (κ3) is 4.47. The van der Waals surface area contributed by atoms with Crippen LogP contribution in [0.25, 0.3) is 17.0 Å². The first-order valence-electron chi connectivity index (χ1n) is 8.73. The van der Waals surface area contributed by atoms with Crippen LogP contribution >= 0.6 is 11.6 Å². The average molecular weight is 421 g/mol. The van der Waals surface area contributed by atoms with Gasteiger partial charge in [-0.15, -0.1) is 0 Å². The van der Waals surface area contributed by atoms with Gasteiger partial charge in [0.05, 0.1) is 53.9 Å². The van der Waals surface area contributed by atoms with Crippen molar-refractivity contribution in [3.8, 4) is 11.7 Å². The van der Waals surface area contributed by atoms with Crippen LogP contribution in [-0.4, -0.2) is 74.7 Å². The molecule has 29 heavy (non-hydrogen) atoms. The number of rotatable bonds is 5. The summed E-state index contributed by atoms with van der Waals surface area (Å²) in [4.78, 5) is 32.4. The van der Waals surface area contributed by atoms with Crippen LogP contribution in [0.5, 0.6) is 5.75 Å². The molecule has 1 aromatic carbocycles. The minimum atomic E-state index is -1.43. The predicted molar refractivity (Wildman–Crippen MR) is 103 cm³/mol. The maximum atomic E-state index is 12.3. The summed E-state index contributed by atoms with van der Waals surface area (Å²) in [6.45, 7) is 2.90. The van der Waals surface area contributed by atoms with Crippen molar-refractivity contribution in [3.05, 3.63) is 29.5 Å². The van der Waals surface area contributed by atoms with Crippen molar-refractivity contribution in [2.45, 2.75) is 0 Å². The molecule has 11 nitrogen and oxygen atoms in total. The van der Waals surface area contributed by atoms with Crippen molar-refractivity contribution in [1.29, 1.82) is 0 Å². The monoisotopic (exact) mass is 420 g/mol.